The number of anilines is 1. The number of halogens is 1. The molecule has 0 spiro atoms. The van der Waals surface area contributed by atoms with Crippen LogP contribution < -0.4 is 5.32 Å². The van der Waals surface area contributed by atoms with Crippen molar-refractivity contribution in [2.45, 2.75) is 13.3 Å². The quantitative estimate of drug-likeness (QED) is 0.743. The van der Waals surface area contributed by atoms with Crippen LogP contribution in [0.1, 0.15) is 13.3 Å². The Kier molecular flexibility index (Phi) is 5.88. The maximum absolute atomic E-state index is 5.86. The van der Waals surface area contributed by atoms with Crippen molar-refractivity contribution < 1.29 is 0 Å². The molecule has 0 aliphatic carbocycles. The first-order valence-electron chi connectivity index (χ1n) is 4.90. The van der Waals surface area contributed by atoms with Gasteiger partial charge in [-0.25, -0.2) is 0 Å². The van der Waals surface area contributed by atoms with Gasteiger partial charge in [-0.15, -0.1) is 0 Å². The van der Waals surface area contributed by atoms with Gasteiger partial charge >= 0.3 is 0 Å². The molecule has 0 radical (unpaired) electrons. The van der Waals surface area contributed by atoms with Crippen molar-refractivity contribution in [1.82, 2.24) is 0 Å². The number of benzene rings is 1. The van der Waals surface area contributed by atoms with Gasteiger partial charge in [0.05, 0.1) is 0 Å². The SMILES string of the molecule is CCSCCCNc1cccc(Cl)c1. The van der Waals surface area contributed by atoms with Gasteiger partial charge in [0.2, 0.25) is 0 Å². The molecule has 1 aromatic carbocycles. The minimum absolute atomic E-state index is 0.790. The minimum atomic E-state index is 0.790. The summed E-state index contributed by atoms with van der Waals surface area (Å²) in [6.07, 6.45) is 1.20. The van der Waals surface area contributed by atoms with E-state index in [-0.39, 0.29) is 0 Å². The van der Waals surface area contributed by atoms with Gasteiger partial charge in [0.25, 0.3) is 0 Å². The number of rotatable bonds is 6. The van der Waals surface area contributed by atoms with E-state index in [0.29, 0.717) is 0 Å². The van der Waals surface area contributed by atoms with Crippen LogP contribution in [0.2, 0.25) is 5.02 Å². The molecule has 1 N–H and O–H groups in total. The van der Waals surface area contributed by atoms with E-state index in [9.17, 15) is 0 Å². The van der Waals surface area contributed by atoms with Crippen LogP contribution in [-0.4, -0.2) is 18.1 Å². The van der Waals surface area contributed by atoms with Crippen molar-refractivity contribution in [2.24, 2.45) is 0 Å². The molecular formula is C11H16ClNS. The van der Waals surface area contributed by atoms with Crippen LogP contribution in [0.5, 0.6) is 0 Å². The Balaban J connectivity index is 2.18. The molecule has 78 valence electrons. The molecule has 0 aliphatic heterocycles. The van der Waals surface area contributed by atoms with Crippen LogP contribution in [0.25, 0.3) is 0 Å². The molecule has 14 heavy (non-hydrogen) atoms. The highest BCUT2D eigenvalue weighted by Crippen LogP contribution is 2.14. The first-order valence-corrected chi connectivity index (χ1v) is 6.43. The second kappa shape index (κ2) is 7.02. The van der Waals surface area contributed by atoms with Crippen LogP contribution in [0, 0.1) is 0 Å². The van der Waals surface area contributed by atoms with Crippen molar-refractivity contribution in [3.63, 3.8) is 0 Å². The summed E-state index contributed by atoms with van der Waals surface area (Å²) in [4.78, 5) is 0. The monoisotopic (exact) mass is 229 g/mol. The van der Waals surface area contributed by atoms with Gasteiger partial charge in [-0.05, 0) is 36.1 Å². The van der Waals surface area contributed by atoms with E-state index in [4.69, 9.17) is 11.6 Å². The van der Waals surface area contributed by atoms with E-state index in [2.05, 4.69) is 12.2 Å². The number of hydrogen-bond acceptors (Lipinski definition) is 2. The van der Waals surface area contributed by atoms with E-state index in [1.54, 1.807) is 0 Å². The molecule has 0 amide bonds. The lowest BCUT2D eigenvalue weighted by Gasteiger charge is -2.05. The van der Waals surface area contributed by atoms with Gasteiger partial charge in [0, 0.05) is 17.3 Å². The predicted octanol–water partition coefficient (Wildman–Crippen LogP) is 3.90. The molecule has 0 saturated heterocycles. The van der Waals surface area contributed by atoms with E-state index in [1.165, 1.54) is 17.9 Å². The van der Waals surface area contributed by atoms with Gasteiger partial charge in [0.1, 0.15) is 0 Å². The molecule has 0 heterocycles. The van der Waals surface area contributed by atoms with Crippen molar-refractivity contribution in [2.75, 3.05) is 23.4 Å². The second-order valence-electron chi connectivity index (χ2n) is 2.99. The third-order valence-corrected chi connectivity index (χ3v) is 3.04. The maximum Gasteiger partial charge on any atom is 0.0426 e. The summed E-state index contributed by atoms with van der Waals surface area (Å²) in [6, 6.07) is 7.85. The fourth-order valence-electron chi connectivity index (χ4n) is 1.15. The number of thioether (sulfide) groups is 1. The molecule has 1 nitrogen and oxygen atoms in total. The topological polar surface area (TPSA) is 12.0 Å². The van der Waals surface area contributed by atoms with Gasteiger partial charge in [-0.3, -0.25) is 0 Å². The van der Waals surface area contributed by atoms with Crippen LogP contribution >= 0.6 is 23.4 Å². The molecule has 1 rings (SSSR count). The summed E-state index contributed by atoms with van der Waals surface area (Å²) in [5.74, 6) is 2.43. The lowest BCUT2D eigenvalue weighted by molar-refractivity contribution is 0.992. The summed E-state index contributed by atoms with van der Waals surface area (Å²) in [5, 5.41) is 4.14. The van der Waals surface area contributed by atoms with Crippen molar-refractivity contribution in [3.05, 3.63) is 29.3 Å². The van der Waals surface area contributed by atoms with Crippen LogP contribution in [0.3, 0.4) is 0 Å². The zero-order valence-corrected chi connectivity index (χ0v) is 10.00. The highest BCUT2D eigenvalue weighted by Gasteiger charge is 1.92. The van der Waals surface area contributed by atoms with E-state index < -0.39 is 0 Å². The first kappa shape index (κ1) is 11.7. The fourth-order valence-corrected chi connectivity index (χ4v) is 1.98. The summed E-state index contributed by atoms with van der Waals surface area (Å²) in [5.41, 5.74) is 1.11. The van der Waals surface area contributed by atoms with E-state index >= 15 is 0 Å². The molecule has 3 heteroatoms. The Morgan fingerprint density at radius 2 is 2.29 bits per heavy atom. The van der Waals surface area contributed by atoms with Crippen LogP contribution in [-0.2, 0) is 0 Å². The largest absolute Gasteiger partial charge is 0.385 e. The zero-order valence-electron chi connectivity index (χ0n) is 8.42. The Morgan fingerprint density at radius 1 is 1.43 bits per heavy atom. The van der Waals surface area contributed by atoms with Crippen molar-refractivity contribution in [1.29, 1.82) is 0 Å². The van der Waals surface area contributed by atoms with Crippen LogP contribution in [0.4, 0.5) is 5.69 Å². The molecule has 0 aliphatic rings. The summed E-state index contributed by atoms with van der Waals surface area (Å²) >= 11 is 7.84. The molecular weight excluding hydrogens is 214 g/mol. The van der Waals surface area contributed by atoms with Gasteiger partial charge in [-0.2, -0.15) is 11.8 Å². The lowest BCUT2D eigenvalue weighted by atomic mass is 10.3. The van der Waals surface area contributed by atoms with Crippen molar-refractivity contribution in [3.8, 4) is 0 Å². The Labute approximate surface area is 95.2 Å². The highest BCUT2D eigenvalue weighted by atomic mass is 35.5. The molecule has 0 bridgehead atoms. The van der Waals surface area contributed by atoms with Crippen LogP contribution in [0.15, 0.2) is 24.3 Å². The summed E-state index contributed by atoms with van der Waals surface area (Å²) < 4.78 is 0. The molecule has 0 saturated carbocycles. The summed E-state index contributed by atoms with van der Waals surface area (Å²) in [6.45, 7) is 3.21. The number of nitrogens with one attached hydrogen (secondary N) is 1. The Bertz CT molecular complexity index is 265. The lowest BCUT2D eigenvalue weighted by Crippen LogP contribution is -2.02. The molecule has 0 unspecified atom stereocenters. The predicted molar refractivity (Wildman–Crippen MR) is 67.6 cm³/mol. The third kappa shape index (κ3) is 4.77. The van der Waals surface area contributed by atoms with E-state index in [0.717, 1.165) is 17.3 Å². The first-order chi connectivity index (χ1) is 6.83. The summed E-state index contributed by atoms with van der Waals surface area (Å²) in [7, 11) is 0. The van der Waals surface area contributed by atoms with Crippen molar-refractivity contribution >= 4 is 29.1 Å². The molecule has 0 fully saturated rings. The Morgan fingerprint density at radius 3 is 3.00 bits per heavy atom. The standard InChI is InChI=1S/C11H16ClNS/c1-2-14-8-4-7-13-11-6-3-5-10(12)9-11/h3,5-6,9,13H,2,4,7-8H2,1H3. The van der Waals surface area contributed by atoms with Gasteiger partial charge < -0.3 is 5.32 Å². The van der Waals surface area contributed by atoms with E-state index in [1.807, 2.05) is 36.0 Å². The Hall–Kier alpha value is -0.340. The molecule has 0 atom stereocenters. The molecule has 1 aromatic rings. The molecule has 0 aromatic heterocycles. The highest BCUT2D eigenvalue weighted by molar-refractivity contribution is 7.99. The van der Waals surface area contributed by atoms with Gasteiger partial charge in [0.15, 0.2) is 0 Å². The fraction of sp³-hybridized carbons (Fsp3) is 0.455. The number of hydrogen-bond donors (Lipinski definition) is 1. The maximum atomic E-state index is 5.86. The normalized spacial score (nSPS) is 10.1. The third-order valence-electron chi connectivity index (χ3n) is 1.82. The smallest absolute Gasteiger partial charge is 0.0426 e. The minimum Gasteiger partial charge on any atom is -0.385 e. The average molecular weight is 230 g/mol. The second-order valence-corrected chi connectivity index (χ2v) is 4.82. The van der Waals surface area contributed by atoms with Gasteiger partial charge in [-0.1, -0.05) is 24.6 Å². The average Bonchev–Trinajstić information content (AvgIpc) is 2.18. The zero-order chi connectivity index (χ0) is 10.2.